The molecule has 1 saturated heterocycles. The van der Waals surface area contributed by atoms with E-state index in [2.05, 4.69) is 10.1 Å². The lowest BCUT2D eigenvalue weighted by Crippen LogP contribution is -2.30. The quantitative estimate of drug-likeness (QED) is 0.108. The van der Waals surface area contributed by atoms with Crippen molar-refractivity contribution in [2.75, 3.05) is 13.7 Å². The van der Waals surface area contributed by atoms with Crippen LogP contribution in [-0.4, -0.2) is 41.4 Å². The highest BCUT2D eigenvalue weighted by atomic mass is 35.5. The van der Waals surface area contributed by atoms with Crippen LogP contribution >= 0.6 is 23.2 Å². The standard InChI is InChI=1S/C26H21Cl2N3O9/c1-3-38-22-11-15(10-20(31(35)36)23(22)39-13-14-4-6-17(27)18(28)8-14)9-19-24(32)30(26(34)29-19)12-16-5-7-21(40-16)25(33)37-2/h4-11H,3,12-13H2,1-2H3,(H,29,34)/b19-9-. The first-order valence-electron chi connectivity index (χ1n) is 11.6. The number of nitrogens with zero attached hydrogens (tertiary/aromatic N) is 2. The van der Waals surface area contributed by atoms with Crippen molar-refractivity contribution in [3.8, 4) is 11.5 Å². The summed E-state index contributed by atoms with van der Waals surface area (Å²) >= 11 is 12.0. The van der Waals surface area contributed by atoms with Crippen LogP contribution in [-0.2, 0) is 22.7 Å². The number of hydrogen-bond donors (Lipinski definition) is 1. The number of nitro groups is 1. The van der Waals surface area contributed by atoms with E-state index in [0.29, 0.717) is 15.6 Å². The summed E-state index contributed by atoms with van der Waals surface area (Å²) in [5, 5.41) is 15.0. The summed E-state index contributed by atoms with van der Waals surface area (Å²) in [4.78, 5) is 49.2. The molecule has 0 saturated carbocycles. The normalized spacial score (nSPS) is 13.9. The summed E-state index contributed by atoms with van der Waals surface area (Å²) in [6, 6.07) is 9.51. The highest BCUT2D eigenvalue weighted by molar-refractivity contribution is 6.42. The molecule has 1 aliphatic rings. The van der Waals surface area contributed by atoms with Gasteiger partial charge in [0.1, 0.15) is 18.1 Å². The van der Waals surface area contributed by atoms with E-state index >= 15 is 0 Å². The van der Waals surface area contributed by atoms with E-state index < -0.39 is 28.5 Å². The SMILES string of the molecule is CCOc1cc(/C=C2\NC(=O)N(Cc3ccc(C(=O)OC)o3)C2=O)cc([N+](=O)[O-])c1OCc1ccc(Cl)c(Cl)c1. The van der Waals surface area contributed by atoms with Gasteiger partial charge in [-0.2, -0.15) is 0 Å². The minimum absolute atomic E-state index is 0.0585. The smallest absolute Gasteiger partial charge is 0.373 e. The van der Waals surface area contributed by atoms with Crippen LogP contribution in [0.1, 0.15) is 34.4 Å². The van der Waals surface area contributed by atoms with E-state index in [0.717, 1.165) is 4.90 Å². The largest absolute Gasteiger partial charge is 0.490 e. The first kappa shape index (κ1) is 28.5. The van der Waals surface area contributed by atoms with Crippen LogP contribution in [0.4, 0.5) is 10.5 Å². The number of imide groups is 1. The average molecular weight is 590 g/mol. The topological polar surface area (TPSA) is 150 Å². The summed E-state index contributed by atoms with van der Waals surface area (Å²) in [5.41, 5.74) is 0.267. The number of esters is 1. The molecule has 0 unspecified atom stereocenters. The van der Waals surface area contributed by atoms with Gasteiger partial charge in [0.15, 0.2) is 5.75 Å². The fraction of sp³-hybridized carbons (Fsp3) is 0.192. The summed E-state index contributed by atoms with van der Waals surface area (Å²) in [6.45, 7) is 1.54. The van der Waals surface area contributed by atoms with Gasteiger partial charge >= 0.3 is 17.7 Å². The van der Waals surface area contributed by atoms with Crippen molar-refractivity contribution < 1.29 is 37.9 Å². The number of carbonyl (C=O) groups is 3. The molecule has 2 heterocycles. The van der Waals surface area contributed by atoms with E-state index in [1.165, 1.54) is 37.5 Å². The molecule has 3 aromatic rings. The first-order chi connectivity index (χ1) is 19.1. The van der Waals surface area contributed by atoms with Crippen LogP contribution in [0, 0.1) is 10.1 Å². The van der Waals surface area contributed by atoms with Gasteiger partial charge in [-0.1, -0.05) is 29.3 Å². The Hall–Kier alpha value is -4.55. The Bertz CT molecular complexity index is 1530. The molecule has 208 valence electrons. The van der Waals surface area contributed by atoms with Crippen molar-refractivity contribution in [2.24, 2.45) is 0 Å². The maximum Gasteiger partial charge on any atom is 0.373 e. The molecule has 4 rings (SSSR count). The van der Waals surface area contributed by atoms with Gasteiger partial charge in [0, 0.05) is 6.07 Å². The number of furan rings is 1. The second-order valence-corrected chi connectivity index (χ2v) is 9.05. The molecule has 0 atom stereocenters. The number of rotatable bonds is 10. The fourth-order valence-electron chi connectivity index (χ4n) is 3.73. The van der Waals surface area contributed by atoms with Gasteiger partial charge in [0.25, 0.3) is 5.91 Å². The summed E-state index contributed by atoms with van der Waals surface area (Å²) < 4.78 is 21.3. The van der Waals surface area contributed by atoms with Crippen molar-refractivity contribution in [2.45, 2.75) is 20.1 Å². The Balaban J connectivity index is 1.60. The molecule has 0 aliphatic carbocycles. The van der Waals surface area contributed by atoms with Gasteiger partial charge < -0.3 is 23.9 Å². The lowest BCUT2D eigenvalue weighted by Gasteiger charge is -2.14. The number of hydrogen-bond acceptors (Lipinski definition) is 9. The molecule has 1 aliphatic heterocycles. The molecule has 14 heteroatoms. The van der Waals surface area contributed by atoms with Gasteiger partial charge in [-0.15, -0.1) is 0 Å². The van der Waals surface area contributed by atoms with Crippen LogP contribution in [0.5, 0.6) is 11.5 Å². The molecule has 0 bridgehead atoms. The van der Waals surface area contributed by atoms with E-state index in [1.807, 2.05) is 0 Å². The number of urea groups is 1. The Kier molecular flexibility index (Phi) is 8.61. The lowest BCUT2D eigenvalue weighted by molar-refractivity contribution is -0.386. The van der Waals surface area contributed by atoms with Gasteiger partial charge in [-0.3, -0.25) is 19.8 Å². The number of methoxy groups -OCH3 is 1. The predicted octanol–water partition coefficient (Wildman–Crippen LogP) is 5.35. The molecule has 1 fully saturated rings. The second kappa shape index (κ2) is 12.1. The zero-order valence-corrected chi connectivity index (χ0v) is 22.6. The monoisotopic (exact) mass is 589 g/mol. The summed E-state index contributed by atoms with van der Waals surface area (Å²) in [5.74, 6) is -1.40. The highest BCUT2D eigenvalue weighted by Crippen LogP contribution is 2.40. The van der Waals surface area contributed by atoms with Crippen LogP contribution < -0.4 is 14.8 Å². The van der Waals surface area contributed by atoms with Crippen LogP contribution in [0.25, 0.3) is 6.08 Å². The molecule has 0 radical (unpaired) electrons. The van der Waals surface area contributed by atoms with Gasteiger partial charge in [0.2, 0.25) is 11.5 Å². The zero-order chi connectivity index (χ0) is 29.0. The number of halogens is 2. The van der Waals surface area contributed by atoms with E-state index in [4.69, 9.17) is 37.1 Å². The third-order valence-corrected chi connectivity index (χ3v) is 6.30. The van der Waals surface area contributed by atoms with Gasteiger partial charge in [0.05, 0.1) is 35.2 Å². The van der Waals surface area contributed by atoms with Crippen molar-refractivity contribution in [1.29, 1.82) is 0 Å². The van der Waals surface area contributed by atoms with E-state index in [-0.39, 0.29) is 54.0 Å². The van der Waals surface area contributed by atoms with Crippen molar-refractivity contribution in [3.05, 3.63) is 91.0 Å². The number of carbonyl (C=O) groups excluding carboxylic acids is 3. The van der Waals surface area contributed by atoms with Crippen molar-refractivity contribution in [3.63, 3.8) is 0 Å². The number of ether oxygens (including phenoxy) is 3. The molecule has 12 nitrogen and oxygen atoms in total. The summed E-state index contributed by atoms with van der Waals surface area (Å²) in [7, 11) is 1.19. The number of amides is 3. The van der Waals surface area contributed by atoms with Crippen LogP contribution in [0.15, 0.2) is 52.6 Å². The lowest BCUT2D eigenvalue weighted by atomic mass is 10.1. The minimum atomic E-state index is -0.742. The average Bonchev–Trinajstić information content (AvgIpc) is 3.49. The second-order valence-electron chi connectivity index (χ2n) is 8.23. The van der Waals surface area contributed by atoms with Crippen molar-refractivity contribution >= 4 is 52.9 Å². The molecule has 0 spiro atoms. The maximum absolute atomic E-state index is 13.0. The van der Waals surface area contributed by atoms with Gasteiger partial charge in [-0.05, 0) is 54.5 Å². The molecule has 2 aromatic carbocycles. The molecule has 40 heavy (non-hydrogen) atoms. The Morgan fingerprint density at radius 1 is 1.12 bits per heavy atom. The predicted molar refractivity (Wildman–Crippen MR) is 142 cm³/mol. The molecule has 1 N–H and O–H groups in total. The third kappa shape index (κ3) is 6.19. The molecule has 1 aromatic heterocycles. The van der Waals surface area contributed by atoms with Gasteiger partial charge in [-0.25, -0.2) is 9.59 Å². The molecule has 3 amide bonds. The highest BCUT2D eigenvalue weighted by Gasteiger charge is 2.35. The van der Waals surface area contributed by atoms with Crippen molar-refractivity contribution in [1.82, 2.24) is 10.2 Å². The van der Waals surface area contributed by atoms with E-state index in [9.17, 15) is 24.5 Å². The maximum atomic E-state index is 13.0. The number of nitrogens with one attached hydrogen (secondary N) is 1. The zero-order valence-electron chi connectivity index (χ0n) is 21.1. The fourth-order valence-corrected chi connectivity index (χ4v) is 4.05. The third-order valence-electron chi connectivity index (χ3n) is 5.56. The number of benzene rings is 2. The number of nitro benzene ring substituents is 1. The first-order valence-corrected chi connectivity index (χ1v) is 12.4. The minimum Gasteiger partial charge on any atom is -0.490 e. The Morgan fingerprint density at radius 2 is 1.90 bits per heavy atom. The Labute approximate surface area is 237 Å². The molecular weight excluding hydrogens is 569 g/mol. The Morgan fingerprint density at radius 3 is 2.58 bits per heavy atom. The summed E-state index contributed by atoms with van der Waals surface area (Å²) in [6.07, 6.45) is 1.28. The molecular formula is C26H21Cl2N3O9. The van der Waals surface area contributed by atoms with E-state index in [1.54, 1.807) is 25.1 Å². The van der Waals surface area contributed by atoms with Crippen LogP contribution in [0.3, 0.4) is 0 Å². The van der Waals surface area contributed by atoms with Crippen LogP contribution in [0.2, 0.25) is 10.0 Å².